The van der Waals surface area contributed by atoms with Gasteiger partial charge in [-0.15, -0.1) is 0 Å². The van der Waals surface area contributed by atoms with Crippen LogP contribution in [0.15, 0.2) is 50.7 Å². The summed E-state index contributed by atoms with van der Waals surface area (Å²) >= 11 is 4.00. The highest BCUT2D eigenvalue weighted by molar-refractivity contribution is 9.10. The van der Waals surface area contributed by atoms with Crippen LogP contribution in [0.5, 0.6) is 0 Å². The summed E-state index contributed by atoms with van der Waals surface area (Å²) in [6.45, 7) is 0. The van der Waals surface area contributed by atoms with Crippen LogP contribution >= 0.6 is 27.7 Å². The molecule has 108 valence electrons. The third-order valence-electron chi connectivity index (χ3n) is 2.62. The van der Waals surface area contributed by atoms with Crippen molar-refractivity contribution < 1.29 is 9.31 Å². The van der Waals surface area contributed by atoms with Crippen LogP contribution in [0.25, 0.3) is 0 Å². The predicted molar refractivity (Wildman–Crippen MR) is 82.3 cm³/mol. The third kappa shape index (κ3) is 3.22. The van der Waals surface area contributed by atoms with E-state index in [2.05, 4.69) is 15.9 Å². The lowest BCUT2D eigenvalue weighted by molar-refractivity contribution is -0.387. The predicted octanol–water partition coefficient (Wildman–Crippen LogP) is 3.93. The first-order chi connectivity index (χ1) is 9.91. The molecule has 0 unspecified atom stereocenters. The van der Waals surface area contributed by atoms with Gasteiger partial charge >= 0.3 is 0 Å². The standard InChI is InChI=1S/C13H9BrFN3O2S/c14-11-7(13(16)17)5-6-10(12(11)15)21-9-4-2-1-3-8(9)18(19)20/h1-6H,(H3,16,17). The van der Waals surface area contributed by atoms with Gasteiger partial charge in [0.15, 0.2) is 5.82 Å². The van der Waals surface area contributed by atoms with E-state index in [1.54, 1.807) is 18.2 Å². The zero-order valence-electron chi connectivity index (χ0n) is 10.5. The SMILES string of the molecule is N=C(N)c1ccc(Sc2ccccc2[N+](=O)[O-])c(F)c1Br. The van der Waals surface area contributed by atoms with Gasteiger partial charge in [0.25, 0.3) is 5.69 Å². The average molecular weight is 370 g/mol. The number of nitrogens with two attached hydrogens (primary N) is 1. The van der Waals surface area contributed by atoms with Crippen LogP contribution < -0.4 is 5.73 Å². The summed E-state index contributed by atoms with van der Waals surface area (Å²) in [5, 5.41) is 18.3. The number of rotatable bonds is 4. The normalized spacial score (nSPS) is 10.4. The van der Waals surface area contributed by atoms with Crippen molar-refractivity contribution in [1.29, 1.82) is 5.41 Å². The Morgan fingerprint density at radius 2 is 1.95 bits per heavy atom. The summed E-state index contributed by atoms with van der Waals surface area (Å²) in [5.41, 5.74) is 5.49. The molecular weight excluding hydrogens is 361 g/mol. The summed E-state index contributed by atoms with van der Waals surface area (Å²) < 4.78 is 14.3. The van der Waals surface area contributed by atoms with Crippen LogP contribution in [-0.2, 0) is 0 Å². The molecule has 0 bridgehead atoms. The van der Waals surface area contributed by atoms with Crippen LogP contribution in [0.2, 0.25) is 0 Å². The van der Waals surface area contributed by atoms with Gasteiger partial charge in [-0.2, -0.15) is 0 Å². The molecule has 8 heteroatoms. The Labute approximate surface area is 132 Å². The van der Waals surface area contributed by atoms with E-state index < -0.39 is 10.7 Å². The first-order valence-electron chi connectivity index (χ1n) is 5.65. The average Bonchev–Trinajstić information content (AvgIpc) is 2.44. The number of hydrogen-bond donors (Lipinski definition) is 2. The third-order valence-corrected chi connectivity index (χ3v) is 4.49. The lowest BCUT2D eigenvalue weighted by atomic mass is 10.2. The fourth-order valence-corrected chi connectivity index (χ4v) is 3.28. The molecule has 2 rings (SSSR count). The van der Waals surface area contributed by atoms with E-state index in [1.165, 1.54) is 18.2 Å². The number of nitro benzene ring substituents is 1. The van der Waals surface area contributed by atoms with E-state index in [1.807, 2.05) is 0 Å². The number of para-hydroxylation sites is 1. The highest BCUT2D eigenvalue weighted by atomic mass is 79.9. The molecule has 2 aromatic rings. The van der Waals surface area contributed by atoms with Crippen molar-refractivity contribution in [3.63, 3.8) is 0 Å². The molecule has 0 saturated carbocycles. The minimum atomic E-state index is -0.606. The molecule has 0 spiro atoms. The minimum Gasteiger partial charge on any atom is -0.384 e. The fraction of sp³-hybridized carbons (Fsp3) is 0. The lowest BCUT2D eigenvalue weighted by Gasteiger charge is -2.08. The highest BCUT2D eigenvalue weighted by Crippen LogP contribution is 2.38. The van der Waals surface area contributed by atoms with Gasteiger partial charge in [0.2, 0.25) is 0 Å². The van der Waals surface area contributed by atoms with Gasteiger partial charge in [-0.3, -0.25) is 15.5 Å². The first kappa shape index (κ1) is 15.5. The summed E-state index contributed by atoms with van der Waals surface area (Å²) in [5.74, 6) is -0.867. The smallest absolute Gasteiger partial charge is 0.283 e. The Morgan fingerprint density at radius 3 is 2.57 bits per heavy atom. The van der Waals surface area contributed by atoms with Gasteiger partial charge < -0.3 is 5.73 Å². The number of benzene rings is 2. The summed E-state index contributed by atoms with van der Waals surface area (Å²) in [4.78, 5) is 11.0. The topological polar surface area (TPSA) is 93.0 Å². The van der Waals surface area contributed by atoms with Crippen LogP contribution in [0, 0.1) is 21.3 Å². The number of halogens is 2. The molecule has 0 aliphatic rings. The second-order valence-electron chi connectivity index (χ2n) is 3.98. The van der Waals surface area contributed by atoms with E-state index in [4.69, 9.17) is 11.1 Å². The molecular formula is C13H9BrFN3O2S. The van der Waals surface area contributed by atoms with Crippen LogP contribution in [-0.4, -0.2) is 10.8 Å². The summed E-state index contributed by atoms with van der Waals surface area (Å²) in [7, 11) is 0. The summed E-state index contributed by atoms with van der Waals surface area (Å²) in [6.07, 6.45) is 0. The number of nitro groups is 1. The molecule has 0 heterocycles. The van der Waals surface area contributed by atoms with Gasteiger partial charge in [-0.25, -0.2) is 4.39 Å². The van der Waals surface area contributed by atoms with Gasteiger partial charge in [0, 0.05) is 16.5 Å². The maximum absolute atomic E-state index is 14.3. The molecule has 0 radical (unpaired) electrons. The molecule has 0 saturated heterocycles. The second-order valence-corrected chi connectivity index (χ2v) is 5.86. The van der Waals surface area contributed by atoms with E-state index in [-0.39, 0.29) is 26.5 Å². The van der Waals surface area contributed by atoms with Crippen molar-refractivity contribution in [3.8, 4) is 0 Å². The highest BCUT2D eigenvalue weighted by Gasteiger charge is 2.18. The zero-order valence-corrected chi connectivity index (χ0v) is 12.9. The van der Waals surface area contributed by atoms with Crippen LogP contribution in [0.3, 0.4) is 0 Å². The molecule has 3 N–H and O–H groups in total. The van der Waals surface area contributed by atoms with Gasteiger partial charge in [0.1, 0.15) is 5.84 Å². The monoisotopic (exact) mass is 369 g/mol. The molecule has 0 aromatic heterocycles. The van der Waals surface area contributed by atoms with Crippen LogP contribution in [0.1, 0.15) is 5.56 Å². The Morgan fingerprint density at radius 1 is 1.29 bits per heavy atom. The number of nitrogens with one attached hydrogen (secondary N) is 1. The van der Waals surface area contributed by atoms with Gasteiger partial charge in [-0.05, 0) is 34.1 Å². The van der Waals surface area contributed by atoms with Crippen molar-refractivity contribution in [3.05, 3.63) is 62.4 Å². The van der Waals surface area contributed by atoms with Crippen molar-refractivity contribution in [2.24, 2.45) is 5.73 Å². The fourth-order valence-electron chi connectivity index (χ4n) is 1.63. The van der Waals surface area contributed by atoms with E-state index >= 15 is 0 Å². The first-order valence-corrected chi connectivity index (χ1v) is 7.26. The molecule has 0 fully saturated rings. The number of nitrogen functional groups attached to an aromatic ring is 1. The molecule has 0 amide bonds. The van der Waals surface area contributed by atoms with Gasteiger partial charge in [0.05, 0.1) is 14.3 Å². The molecule has 21 heavy (non-hydrogen) atoms. The number of hydrogen-bond acceptors (Lipinski definition) is 4. The lowest BCUT2D eigenvalue weighted by Crippen LogP contribution is -2.12. The zero-order chi connectivity index (χ0) is 15.6. The van der Waals surface area contributed by atoms with Crippen molar-refractivity contribution in [2.75, 3.05) is 0 Å². The molecule has 5 nitrogen and oxygen atoms in total. The quantitative estimate of drug-likeness (QED) is 0.369. The second kappa shape index (κ2) is 6.23. The minimum absolute atomic E-state index is 0.0681. The van der Waals surface area contributed by atoms with E-state index in [9.17, 15) is 14.5 Å². The molecule has 0 aliphatic carbocycles. The maximum Gasteiger partial charge on any atom is 0.283 e. The van der Waals surface area contributed by atoms with Crippen molar-refractivity contribution in [1.82, 2.24) is 0 Å². The van der Waals surface area contributed by atoms with Crippen molar-refractivity contribution in [2.45, 2.75) is 9.79 Å². The van der Waals surface area contributed by atoms with E-state index in [0.717, 1.165) is 11.8 Å². The van der Waals surface area contributed by atoms with Crippen LogP contribution in [0.4, 0.5) is 10.1 Å². The molecule has 0 atom stereocenters. The Kier molecular flexibility index (Phi) is 4.59. The van der Waals surface area contributed by atoms with Crippen molar-refractivity contribution >= 4 is 39.2 Å². The number of nitrogens with zero attached hydrogens (tertiary/aromatic N) is 1. The Hall–Kier alpha value is -1.93. The number of amidine groups is 1. The Balaban J connectivity index is 2.44. The maximum atomic E-state index is 14.3. The largest absolute Gasteiger partial charge is 0.384 e. The molecule has 2 aromatic carbocycles. The Bertz CT molecular complexity index is 739. The van der Waals surface area contributed by atoms with Gasteiger partial charge in [-0.1, -0.05) is 23.9 Å². The summed E-state index contributed by atoms with van der Waals surface area (Å²) in [6, 6.07) is 9.04. The molecule has 0 aliphatic heterocycles. The van der Waals surface area contributed by atoms with E-state index in [0.29, 0.717) is 4.90 Å².